The molecule has 21 heavy (non-hydrogen) atoms. The van der Waals surface area contributed by atoms with Crippen molar-refractivity contribution in [1.29, 1.82) is 0 Å². The predicted octanol–water partition coefficient (Wildman–Crippen LogP) is 3.85. The van der Waals surface area contributed by atoms with E-state index in [4.69, 9.17) is 17.3 Å². The van der Waals surface area contributed by atoms with Crippen LogP contribution >= 0.6 is 27.5 Å². The number of hydrogen-bond donors (Lipinski definition) is 2. The fourth-order valence-corrected chi connectivity index (χ4v) is 2.24. The number of anilines is 2. The van der Waals surface area contributed by atoms with Gasteiger partial charge in [0.15, 0.2) is 0 Å². The SMILES string of the molecule is Nc1c(C(=O)Nc2cccc(Cl)c2Br)cccc1[N+](=O)[O-]. The first-order valence-corrected chi connectivity index (χ1v) is 6.87. The first kappa shape index (κ1) is 15.3. The maximum atomic E-state index is 12.2. The summed E-state index contributed by atoms with van der Waals surface area (Å²) >= 11 is 9.18. The highest BCUT2D eigenvalue weighted by molar-refractivity contribution is 9.10. The smallest absolute Gasteiger partial charge is 0.292 e. The second-order valence-electron chi connectivity index (χ2n) is 4.05. The Morgan fingerprint density at radius 3 is 2.62 bits per heavy atom. The van der Waals surface area contributed by atoms with Crippen LogP contribution in [-0.2, 0) is 0 Å². The van der Waals surface area contributed by atoms with Crippen molar-refractivity contribution in [3.63, 3.8) is 0 Å². The largest absolute Gasteiger partial charge is 0.393 e. The molecular formula is C13H9BrClN3O3. The van der Waals surface area contributed by atoms with Gasteiger partial charge in [0.2, 0.25) is 0 Å². The highest BCUT2D eigenvalue weighted by atomic mass is 79.9. The highest BCUT2D eigenvalue weighted by Crippen LogP contribution is 2.31. The van der Waals surface area contributed by atoms with Crippen LogP contribution in [0.15, 0.2) is 40.9 Å². The van der Waals surface area contributed by atoms with E-state index < -0.39 is 10.8 Å². The van der Waals surface area contributed by atoms with Gasteiger partial charge in [-0.1, -0.05) is 23.7 Å². The van der Waals surface area contributed by atoms with Crippen molar-refractivity contribution in [2.45, 2.75) is 0 Å². The van der Waals surface area contributed by atoms with Gasteiger partial charge >= 0.3 is 0 Å². The second-order valence-corrected chi connectivity index (χ2v) is 5.25. The molecule has 0 fully saturated rings. The fraction of sp³-hybridized carbons (Fsp3) is 0. The minimum Gasteiger partial charge on any atom is -0.393 e. The van der Waals surface area contributed by atoms with Crippen LogP contribution in [0.4, 0.5) is 17.1 Å². The molecule has 2 aromatic carbocycles. The predicted molar refractivity (Wildman–Crippen MR) is 84.6 cm³/mol. The van der Waals surface area contributed by atoms with E-state index in [0.29, 0.717) is 15.2 Å². The summed E-state index contributed by atoms with van der Waals surface area (Å²) in [4.78, 5) is 22.4. The van der Waals surface area contributed by atoms with E-state index in [2.05, 4.69) is 21.2 Å². The Morgan fingerprint density at radius 2 is 1.95 bits per heavy atom. The number of carbonyl (C=O) groups is 1. The Kier molecular flexibility index (Phi) is 4.44. The molecule has 2 rings (SSSR count). The number of carbonyl (C=O) groups excluding carboxylic acids is 1. The summed E-state index contributed by atoms with van der Waals surface area (Å²) < 4.78 is 0.518. The Balaban J connectivity index is 2.35. The van der Waals surface area contributed by atoms with E-state index in [1.807, 2.05) is 0 Å². The topological polar surface area (TPSA) is 98.3 Å². The molecule has 0 aliphatic rings. The van der Waals surface area contributed by atoms with Gasteiger partial charge in [0.25, 0.3) is 11.6 Å². The molecular weight excluding hydrogens is 362 g/mol. The number of nitrogens with zero attached hydrogens (tertiary/aromatic N) is 1. The molecule has 108 valence electrons. The fourth-order valence-electron chi connectivity index (χ4n) is 1.70. The van der Waals surface area contributed by atoms with Gasteiger partial charge in [0, 0.05) is 6.07 Å². The van der Waals surface area contributed by atoms with E-state index in [9.17, 15) is 14.9 Å². The Bertz CT molecular complexity index is 737. The average Bonchev–Trinajstić information content (AvgIpc) is 2.43. The normalized spacial score (nSPS) is 10.2. The number of nitrogen functional groups attached to an aromatic ring is 1. The van der Waals surface area contributed by atoms with Crippen LogP contribution in [0.3, 0.4) is 0 Å². The van der Waals surface area contributed by atoms with E-state index in [0.717, 1.165) is 0 Å². The number of halogens is 2. The molecule has 0 aliphatic heterocycles. The van der Waals surface area contributed by atoms with Gasteiger partial charge < -0.3 is 11.1 Å². The number of para-hydroxylation sites is 1. The number of nitrogens with one attached hydrogen (secondary N) is 1. The minimum atomic E-state index is -0.637. The molecule has 2 aromatic rings. The van der Waals surface area contributed by atoms with Crippen molar-refractivity contribution in [3.05, 3.63) is 61.6 Å². The summed E-state index contributed by atoms with van der Waals surface area (Å²) in [7, 11) is 0. The van der Waals surface area contributed by atoms with Crippen LogP contribution in [0.1, 0.15) is 10.4 Å². The maximum absolute atomic E-state index is 12.2. The zero-order valence-electron chi connectivity index (χ0n) is 10.5. The lowest BCUT2D eigenvalue weighted by molar-refractivity contribution is -0.383. The van der Waals surface area contributed by atoms with Gasteiger partial charge in [0.1, 0.15) is 5.69 Å². The quantitative estimate of drug-likeness (QED) is 0.487. The molecule has 0 spiro atoms. The average molecular weight is 371 g/mol. The van der Waals surface area contributed by atoms with Crippen molar-refractivity contribution in [2.24, 2.45) is 0 Å². The van der Waals surface area contributed by atoms with Crippen LogP contribution < -0.4 is 11.1 Å². The molecule has 1 amide bonds. The van der Waals surface area contributed by atoms with Crippen LogP contribution in [-0.4, -0.2) is 10.8 Å². The summed E-state index contributed by atoms with van der Waals surface area (Å²) in [5.74, 6) is -0.556. The summed E-state index contributed by atoms with van der Waals surface area (Å²) in [6.45, 7) is 0. The Labute approximate surface area is 133 Å². The van der Waals surface area contributed by atoms with Crippen LogP contribution in [0, 0.1) is 10.1 Å². The Hall–Kier alpha value is -2.12. The molecule has 0 heterocycles. The third kappa shape index (κ3) is 3.14. The van der Waals surface area contributed by atoms with Gasteiger partial charge in [-0.15, -0.1) is 0 Å². The van der Waals surface area contributed by atoms with Crippen molar-refractivity contribution in [2.75, 3.05) is 11.1 Å². The number of rotatable bonds is 3. The van der Waals surface area contributed by atoms with Gasteiger partial charge in [0.05, 0.1) is 25.7 Å². The first-order chi connectivity index (χ1) is 9.91. The highest BCUT2D eigenvalue weighted by Gasteiger charge is 2.19. The summed E-state index contributed by atoms with van der Waals surface area (Å²) in [5, 5.41) is 13.9. The van der Waals surface area contributed by atoms with Crippen molar-refractivity contribution in [1.82, 2.24) is 0 Å². The van der Waals surface area contributed by atoms with E-state index in [-0.39, 0.29) is 16.9 Å². The molecule has 0 aliphatic carbocycles. The monoisotopic (exact) mass is 369 g/mol. The summed E-state index contributed by atoms with van der Waals surface area (Å²) in [5.41, 5.74) is 5.64. The van der Waals surface area contributed by atoms with E-state index in [1.165, 1.54) is 18.2 Å². The molecule has 0 saturated carbocycles. The number of nitro benzene ring substituents is 1. The third-order valence-corrected chi connectivity index (χ3v) is 4.12. The van der Waals surface area contributed by atoms with Gasteiger partial charge in [-0.3, -0.25) is 14.9 Å². The van der Waals surface area contributed by atoms with Crippen molar-refractivity contribution >= 4 is 50.5 Å². The standard InChI is InChI=1S/C13H9BrClN3O3/c14-11-8(15)4-2-5-9(11)17-13(19)7-3-1-6-10(12(7)16)18(20)21/h1-6H,16H2,(H,17,19). The molecule has 0 unspecified atom stereocenters. The summed E-state index contributed by atoms with van der Waals surface area (Å²) in [6.07, 6.45) is 0. The number of benzene rings is 2. The second kappa shape index (κ2) is 6.11. The zero-order valence-corrected chi connectivity index (χ0v) is 12.8. The molecule has 8 heteroatoms. The molecule has 3 N–H and O–H groups in total. The number of hydrogen-bond acceptors (Lipinski definition) is 4. The van der Waals surface area contributed by atoms with Crippen LogP contribution in [0.25, 0.3) is 0 Å². The van der Waals surface area contributed by atoms with E-state index >= 15 is 0 Å². The minimum absolute atomic E-state index is 0.0241. The van der Waals surface area contributed by atoms with E-state index in [1.54, 1.807) is 18.2 Å². The summed E-state index contributed by atoms with van der Waals surface area (Å²) in [6, 6.07) is 9.01. The maximum Gasteiger partial charge on any atom is 0.292 e. The van der Waals surface area contributed by atoms with Crippen molar-refractivity contribution < 1.29 is 9.72 Å². The van der Waals surface area contributed by atoms with Crippen LogP contribution in [0.5, 0.6) is 0 Å². The number of nitrogens with two attached hydrogens (primary N) is 1. The molecule has 0 saturated heterocycles. The van der Waals surface area contributed by atoms with Gasteiger partial charge in [-0.25, -0.2) is 0 Å². The third-order valence-electron chi connectivity index (χ3n) is 2.72. The van der Waals surface area contributed by atoms with Gasteiger partial charge in [-0.2, -0.15) is 0 Å². The zero-order chi connectivity index (χ0) is 15.6. The number of nitro groups is 1. The molecule has 6 nitrogen and oxygen atoms in total. The van der Waals surface area contributed by atoms with Crippen molar-refractivity contribution in [3.8, 4) is 0 Å². The molecule has 0 atom stereocenters. The molecule has 0 aromatic heterocycles. The Morgan fingerprint density at radius 1 is 1.29 bits per heavy atom. The van der Waals surface area contributed by atoms with Crippen LogP contribution in [0.2, 0.25) is 5.02 Å². The lowest BCUT2D eigenvalue weighted by Gasteiger charge is -2.10. The van der Waals surface area contributed by atoms with Gasteiger partial charge in [-0.05, 0) is 34.1 Å². The number of amides is 1. The molecule has 0 bridgehead atoms. The lowest BCUT2D eigenvalue weighted by Crippen LogP contribution is -2.15. The first-order valence-electron chi connectivity index (χ1n) is 5.70. The molecule has 0 radical (unpaired) electrons. The lowest BCUT2D eigenvalue weighted by atomic mass is 10.1.